The summed E-state index contributed by atoms with van der Waals surface area (Å²) < 4.78 is 13.3. The molecule has 0 heterocycles. The van der Waals surface area contributed by atoms with Gasteiger partial charge in [-0.3, -0.25) is 4.79 Å². The molecular formula is C15H18ClFO. The summed E-state index contributed by atoms with van der Waals surface area (Å²) in [5.41, 5.74) is 0.428. The lowest BCUT2D eigenvalue weighted by Gasteiger charge is -2.25. The second-order valence-corrected chi connectivity index (χ2v) is 5.53. The topological polar surface area (TPSA) is 17.1 Å². The van der Waals surface area contributed by atoms with E-state index in [9.17, 15) is 9.18 Å². The van der Waals surface area contributed by atoms with E-state index in [4.69, 9.17) is 11.6 Å². The molecule has 0 bridgehead atoms. The number of carbonyl (C=O) groups is 1. The molecule has 0 spiro atoms. The average molecular weight is 269 g/mol. The standard InChI is InChI=1S/C15H18ClFO/c1-2-15(8-3-4-9-15)13(18)10-11-6-5-7-12(17)14(11)16/h5-7H,2-4,8-10H2,1H3. The van der Waals surface area contributed by atoms with Crippen LogP contribution in [0.1, 0.15) is 44.6 Å². The minimum absolute atomic E-state index is 0.0927. The summed E-state index contributed by atoms with van der Waals surface area (Å²) in [6.45, 7) is 2.07. The number of benzene rings is 1. The molecular weight excluding hydrogens is 251 g/mol. The molecule has 0 saturated heterocycles. The van der Waals surface area contributed by atoms with E-state index in [0.717, 1.165) is 32.1 Å². The van der Waals surface area contributed by atoms with Crippen molar-refractivity contribution in [2.75, 3.05) is 0 Å². The third-order valence-corrected chi connectivity index (χ3v) is 4.63. The maximum absolute atomic E-state index is 13.3. The Labute approximate surface area is 112 Å². The van der Waals surface area contributed by atoms with Gasteiger partial charge in [-0.1, -0.05) is 43.5 Å². The van der Waals surface area contributed by atoms with Crippen LogP contribution >= 0.6 is 11.6 Å². The second kappa shape index (κ2) is 5.40. The summed E-state index contributed by atoms with van der Waals surface area (Å²) in [5.74, 6) is -0.228. The summed E-state index contributed by atoms with van der Waals surface area (Å²) in [5, 5.41) is 0.0927. The molecule has 1 aliphatic rings. The van der Waals surface area contributed by atoms with Crippen molar-refractivity contribution in [3.8, 4) is 0 Å². The molecule has 0 aliphatic heterocycles. The molecule has 0 atom stereocenters. The van der Waals surface area contributed by atoms with Crippen LogP contribution in [0.15, 0.2) is 18.2 Å². The molecule has 1 aromatic rings. The summed E-state index contributed by atoms with van der Waals surface area (Å²) in [4.78, 5) is 12.5. The highest BCUT2D eigenvalue weighted by molar-refractivity contribution is 6.31. The van der Waals surface area contributed by atoms with Crippen LogP contribution in [0.2, 0.25) is 5.02 Å². The predicted octanol–water partition coefficient (Wildman–Crippen LogP) is 4.56. The average Bonchev–Trinajstić information content (AvgIpc) is 2.85. The molecule has 3 heteroatoms. The maximum Gasteiger partial charge on any atom is 0.143 e. The third-order valence-electron chi connectivity index (χ3n) is 4.21. The predicted molar refractivity (Wildman–Crippen MR) is 71.3 cm³/mol. The van der Waals surface area contributed by atoms with Crippen LogP contribution < -0.4 is 0 Å². The van der Waals surface area contributed by atoms with Gasteiger partial charge in [0, 0.05) is 11.8 Å². The number of carbonyl (C=O) groups excluding carboxylic acids is 1. The summed E-state index contributed by atoms with van der Waals surface area (Å²) in [6.07, 6.45) is 5.31. The van der Waals surface area contributed by atoms with Gasteiger partial charge in [-0.2, -0.15) is 0 Å². The SMILES string of the molecule is CCC1(C(=O)Cc2cccc(F)c2Cl)CCCC1. The number of rotatable bonds is 4. The van der Waals surface area contributed by atoms with Crippen molar-refractivity contribution in [1.29, 1.82) is 0 Å². The first kappa shape index (κ1) is 13.5. The first-order valence-electron chi connectivity index (χ1n) is 6.55. The highest BCUT2D eigenvalue weighted by Crippen LogP contribution is 2.42. The molecule has 1 aliphatic carbocycles. The van der Waals surface area contributed by atoms with Crippen LogP contribution in [-0.4, -0.2) is 5.78 Å². The molecule has 1 fully saturated rings. The highest BCUT2D eigenvalue weighted by atomic mass is 35.5. The molecule has 0 unspecified atom stereocenters. The Morgan fingerprint density at radius 2 is 2.06 bits per heavy atom. The van der Waals surface area contributed by atoms with Crippen LogP contribution in [0.5, 0.6) is 0 Å². The van der Waals surface area contributed by atoms with Gasteiger partial charge in [-0.25, -0.2) is 4.39 Å². The van der Waals surface area contributed by atoms with E-state index in [1.165, 1.54) is 6.07 Å². The quantitative estimate of drug-likeness (QED) is 0.782. The zero-order chi connectivity index (χ0) is 13.2. The van der Waals surface area contributed by atoms with Crippen molar-refractivity contribution in [1.82, 2.24) is 0 Å². The molecule has 1 nitrogen and oxygen atoms in total. The van der Waals surface area contributed by atoms with Gasteiger partial charge in [0.15, 0.2) is 0 Å². The van der Waals surface area contributed by atoms with Gasteiger partial charge in [0.1, 0.15) is 11.6 Å². The fourth-order valence-electron chi connectivity index (χ4n) is 2.93. The molecule has 2 rings (SSSR count). The lowest BCUT2D eigenvalue weighted by Crippen LogP contribution is -2.28. The van der Waals surface area contributed by atoms with E-state index in [-0.39, 0.29) is 22.6 Å². The fraction of sp³-hybridized carbons (Fsp3) is 0.533. The first-order chi connectivity index (χ1) is 8.59. The normalized spacial score (nSPS) is 17.9. The molecule has 1 saturated carbocycles. The van der Waals surface area contributed by atoms with Gasteiger partial charge in [-0.15, -0.1) is 0 Å². The first-order valence-corrected chi connectivity index (χ1v) is 6.93. The summed E-state index contributed by atoms with van der Waals surface area (Å²) in [7, 11) is 0. The van der Waals surface area contributed by atoms with Crippen LogP contribution in [0.3, 0.4) is 0 Å². The Balaban J connectivity index is 2.18. The Morgan fingerprint density at radius 1 is 1.39 bits per heavy atom. The van der Waals surface area contributed by atoms with Crippen molar-refractivity contribution in [3.05, 3.63) is 34.6 Å². The van der Waals surface area contributed by atoms with E-state index < -0.39 is 5.82 Å². The molecule has 0 aromatic heterocycles. The molecule has 0 radical (unpaired) electrons. The lowest BCUT2D eigenvalue weighted by atomic mass is 9.77. The third kappa shape index (κ3) is 2.44. The molecule has 1 aromatic carbocycles. The Morgan fingerprint density at radius 3 is 2.67 bits per heavy atom. The van der Waals surface area contributed by atoms with Crippen molar-refractivity contribution in [2.45, 2.75) is 45.4 Å². The highest BCUT2D eigenvalue weighted by Gasteiger charge is 2.38. The van der Waals surface area contributed by atoms with Crippen molar-refractivity contribution in [2.24, 2.45) is 5.41 Å². The molecule has 0 N–H and O–H groups in total. The zero-order valence-electron chi connectivity index (χ0n) is 10.6. The lowest BCUT2D eigenvalue weighted by molar-refractivity contribution is -0.128. The monoisotopic (exact) mass is 268 g/mol. The summed E-state index contributed by atoms with van der Waals surface area (Å²) >= 11 is 5.91. The number of hydrogen-bond acceptors (Lipinski definition) is 1. The van der Waals surface area contributed by atoms with Crippen LogP contribution in [0.25, 0.3) is 0 Å². The van der Waals surface area contributed by atoms with E-state index in [0.29, 0.717) is 5.56 Å². The number of Topliss-reactive ketones (excluding diaryl/α,β-unsaturated/α-hetero) is 1. The van der Waals surface area contributed by atoms with E-state index in [1.807, 2.05) is 0 Å². The Hall–Kier alpha value is -0.890. The van der Waals surface area contributed by atoms with E-state index in [1.54, 1.807) is 12.1 Å². The van der Waals surface area contributed by atoms with Gasteiger partial charge in [0.05, 0.1) is 5.02 Å². The van der Waals surface area contributed by atoms with Gasteiger partial charge >= 0.3 is 0 Å². The van der Waals surface area contributed by atoms with Crippen molar-refractivity contribution < 1.29 is 9.18 Å². The zero-order valence-corrected chi connectivity index (χ0v) is 11.4. The Kier molecular flexibility index (Phi) is 4.06. The van der Waals surface area contributed by atoms with E-state index in [2.05, 4.69) is 6.92 Å². The van der Waals surface area contributed by atoms with Gasteiger partial charge in [0.25, 0.3) is 0 Å². The minimum Gasteiger partial charge on any atom is -0.299 e. The molecule has 18 heavy (non-hydrogen) atoms. The number of halogens is 2. The van der Waals surface area contributed by atoms with Crippen molar-refractivity contribution in [3.63, 3.8) is 0 Å². The smallest absolute Gasteiger partial charge is 0.143 e. The number of hydrogen-bond donors (Lipinski definition) is 0. The number of ketones is 1. The molecule has 98 valence electrons. The fourth-order valence-corrected chi connectivity index (χ4v) is 3.12. The Bertz CT molecular complexity index is 450. The van der Waals surface area contributed by atoms with Gasteiger partial charge in [-0.05, 0) is 30.9 Å². The largest absolute Gasteiger partial charge is 0.299 e. The van der Waals surface area contributed by atoms with Crippen LogP contribution in [0.4, 0.5) is 4.39 Å². The van der Waals surface area contributed by atoms with Crippen molar-refractivity contribution >= 4 is 17.4 Å². The van der Waals surface area contributed by atoms with Crippen LogP contribution in [-0.2, 0) is 11.2 Å². The molecule has 0 amide bonds. The van der Waals surface area contributed by atoms with Crippen LogP contribution in [0, 0.1) is 11.2 Å². The van der Waals surface area contributed by atoms with E-state index >= 15 is 0 Å². The van der Waals surface area contributed by atoms with Gasteiger partial charge in [0.2, 0.25) is 0 Å². The van der Waals surface area contributed by atoms with Gasteiger partial charge < -0.3 is 0 Å². The minimum atomic E-state index is -0.445. The second-order valence-electron chi connectivity index (χ2n) is 5.15. The summed E-state index contributed by atoms with van der Waals surface area (Å²) in [6, 6.07) is 4.67. The maximum atomic E-state index is 13.3.